The minimum Gasteiger partial charge on any atom is -0.454 e. The molecule has 0 bridgehead atoms. The average Bonchev–Trinajstić information content (AvgIpc) is 3.41. The van der Waals surface area contributed by atoms with Crippen LogP contribution in [0.4, 0.5) is 0 Å². The van der Waals surface area contributed by atoms with Gasteiger partial charge in [0.25, 0.3) is 0 Å². The van der Waals surface area contributed by atoms with Crippen LogP contribution in [0.1, 0.15) is 74.6 Å². The largest absolute Gasteiger partial charge is 0.454 e. The second-order valence-corrected chi connectivity index (χ2v) is 12.0. The summed E-state index contributed by atoms with van der Waals surface area (Å²) in [6.45, 7) is 11.5. The van der Waals surface area contributed by atoms with Crippen molar-refractivity contribution in [2.75, 3.05) is 0 Å². The molecular formula is C31H37N2O+. The van der Waals surface area contributed by atoms with E-state index < -0.39 is 0 Å². The van der Waals surface area contributed by atoms with Crippen molar-refractivity contribution in [1.29, 1.82) is 0 Å². The number of nitrogens with zero attached hydrogens (tertiary/aromatic N) is 2. The standard InChI is InChI=1S/C31H37N2O/c1-18-14-22-15-20(17-31(3,4)5)16-24-26(22)25(19(18)2)29-30(34-24)27(21-10-8-9-11-21)28-23(33(29)7)12-13-32(28)6/h12-16,21H,8-11,17H2,1-7H3/q+1. The van der Waals surface area contributed by atoms with E-state index in [4.69, 9.17) is 4.42 Å². The monoisotopic (exact) mass is 453 g/mol. The summed E-state index contributed by atoms with van der Waals surface area (Å²) in [5.41, 5.74) is 11.8. The van der Waals surface area contributed by atoms with E-state index in [1.165, 1.54) is 80.6 Å². The van der Waals surface area contributed by atoms with E-state index in [0.717, 1.165) is 17.6 Å². The molecule has 0 N–H and O–H groups in total. The minimum absolute atomic E-state index is 0.228. The Balaban J connectivity index is 1.86. The number of aryl methyl sites for hydroxylation is 4. The molecule has 3 nitrogen and oxygen atoms in total. The highest BCUT2D eigenvalue weighted by atomic mass is 16.3. The molecule has 3 heteroatoms. The Kier molecular flexibility index (Phi) is 4.69. The van der Waals surface area contributed by atoms with Gasteiger partial charge in [-0.3, -0.25) is 0 Å². The van der Waals surface area contributed by atoms with Crippen LogP contribution in [0.25, 0.3) is 43.9 Å². The van der Waals surface area contributed by atoms with E-state index in [0.29, 0.717) is 5.92 Å². The lowest BCUT2D eigenvalue weighted by atomic mass is 9.86. The van der Waals surface area contributed by atoms with Crippen LogP contribution in [0.3, 0.4) is 0 Å². The lowest BCUT2D eigenvalue weighted by molar-refractivity contribution is -0.642. The summed E-state index contributed by atoms with van der Waals surface area (Å²) in [5, 5.41) is 3.94. The van der Waals surface area contributed by atoms with Gasteiger partial charge in [-0.25, -0.2) is 0 Å². The molecule has 1 aliphatic rings. The van der Waals surface area contributed by atoms with Crippen molar-refractivity contribution in [1.82, 2.24) is 4.57 Å². The molecule has 0 saturated heterocycles. The third-order valence-electron chi connectivity index (χ3n) is 8.19. The van der Waals surface area contributed by atoms with E-state index in [1.54, 1.807) is 0 Å². The van der Waals surface area contributed by atoms with E-state index in [-0.39, 0.29) is 5.41 Å². The first kappa shape index (κ1) is 21.7. The van der Waals surface area contributed by atoms with Gasteiger partial charge in [-0.05, 0) is 72.6 Å². The van der Waals surface area contributed by atoms with Gasteiger partial charge in [0.15, 0.2) is 11.8 Å². The summed E-state index contributed by atoms with van der Waals surface area (Å²) in [7, 11) is 4.40. The summed E-state index contributed by atoms with van der Waals surface area (Å²) in [5.74, 6) is 0.561. The van der Waals surface area contributed by atoms with Crippen LogP contribution in [0.5, 0.6) is 0 Å². The quantitative estimate of drug-likeness (QED) is 0.151. The number of benzene rings is 2. The van der Waals surface area contributed by atoms with Crippen LogP contribution in [0, 0.1) is 19.3 Å². The number of hydrogen-bond donors (Lipinski definition) is 0. The summed E-state index contributed by atoms with van der Waals surface area (Å²) in [6.07, 6.45) is 8.38. The first-order valence-electron chi connectivity index (χ1n) is 12.9. The molecule has 0 atom stereocenters. The zero-order chi connectivity index (χ0) is 23.9. The number of pyridine rings is 1. The number of fused-ring (bicyclic) bond motifs is 3. The SMILES string of the molecule is Cc1cc2cc(CC(C)(C)C)cc3oc4c(C5CCCC5)c5c(cc[n+]5C)n(C)c4c(c1C)c23. The van der Waals surface area contributed by atoms with Crippen LogP contribution in [0.15, 0.2) is 34.9 Å². The van der Waals surface area contributed by atoms with Crippen molar-refractivity contribution in [3.05, 3.63) is 52.7 Å². The topological polar surface area (TPSA) is 21.9 Å². The first-order valence-corrected chi connectivity index (χ1v) is 12.9. The Morgan fingerprint density at radius 1 is 1.06 bits per heavy atom. The fourth-order valence-corrected chi connectivity index (χ4v) is 6.61. The maximum atomic E-state index is 7.02. The van der Waals surface area contributed by atoms with Crippen LogP contribution in [-0.4, -0.2) is 4.57 Å². The van der Waals surface area contributed by atoms with Gasteiger partial charge < -0.3 is 8.98 Å². The molecule has 176 valence electrons. The number of aromatic nitrogens is 2. The van der Waals surface area contributed by atoms with Crippen molar-refractivity contribution in [2.45, 2.75) is 72.6 Å². The van der Waals surface area contributed by atoms with E-state index in [2.05, 4.69) is 88.3 Å². The van der Waals surface area contributed by atoms with Crippen LogP contribution in [0.2, 0.25) is 0 Å². The normalized spacial score (nSPS) is 15.6. The fraction of sp³-hybridized carbons (Fsp3) is 0.452. The zero-order valence-corrected chi connectivity index (χ0v) is 21.8. The molecule has 1 fully saturated rings. The van der Waals surface area contributed by atoms with E-state index in [1.807, 2.05) is 0 Å². The second-order valence-electron chi connectivity index (χ2n) is 12.0. The maximum Gasteiger partial charge on any atom is 0.236 e. The average molecular weight is 454 g/mol. The van der Waals surface area contributed by atoms with Crippen molar-refractivity contribution < 1.29 is 8.98 Å². The first-order chi connectivity index (χ1) is 16.1. The molecule has 1 aliphatic carbocycles. The molecule has 34 heavy (non-hydrogen) atoms. The highest BCUT2D eigenvalue weighted by Gasteiger charge is 2.31. The molecule has 3 heterocycles. The Morgan fingerprint density at radius 2 is 1.79 bits per heavy atom. The van der Waals surface area contributed by atoms with E-state index in [9.17, 15) is 0 Å². The van der Waals surface area contributed by atoms with Crippen LogP contribution >= 0.6 is 0 Å². The molecule has 5 aromatic rings. The molecule has 2 aromatic carbocycles. The van der Waals surface area contributed by atoms with Gasteiger partial charge in [0.2, 0.25) is 5.52 Å². The minimum atomic E-state index is 0.228. The van der Waals surface area contributed by atoms with Gasteiger partial charge in [-0.1, -0.05) is 45.7 Å². The Bertz CT molecular complexity index is 1600. The van der Waals surface area contributed by atoms with Crippen molar-refractivity contribution in [2.24, 2.45) is 19.5 Å². The van der Waals surface area contributed by atoms with Gasteiger partial charge in [-0.2, -0.15) is 4.57 Å². The van der Waals surface area contributed by atoms with Crippen LogP contribution < -0.4 is 4.57 Å². The lowest BCUT2D eigenvalue weighted by Crippen LogP contribution is -2.27. The fourth-order valence-electron chi connectivity index (χ4n) is 6.61. The maximum absolute atomic E-state index is 7.02. The van der Waals surface area contributed by atoms with Gasteiger partial charge in [0.1, 0.15) is 18.1 Å². The molecule has 0 spiro atoms. The molecule has 0 amide bonds. The Labute approximate surface area is 202 Å². The van der Waals surface area contributed by atoms with Gasteiger partial charge in [0.05, 0.1) is 11.1 Å². The van der Waals surface area contributed by atoms with Crippen molar-refractivity contribution in [3.8, 4) is 0 Å². The highest BCUT2D eigenvalue weighted by Crippen LogP contribution is 2.45. The zero-order valence-electron chi connectivity index (χ0n) is 21.8. The lowest BCUT2D eigenvalue weighted by Gasteiger charge is -2.22. The number of hydrogen-bond acceptors (Lipinski definition) is 1. The predicted octanol–water partition coefficient (Wildman–Crippen LogP) is 7.92. The summed E-state index contributed by atoms with van der Waals surface area (Å²) < 4.78 is 11.7. The molecule has 6 rings (SSSR count). The smallest absolute Gasteiger partial charge is 0.236 e. The van der Waals surface area contributed by atoms with Gasteiger partial charge in [0, 0.05) is 23.9 Å². The third kappa shape index (κ3) is 3.12. The van der Waals surface area contributed by atoms with Gasteiger partial charge in [-0.15, -0.1) is 0 Å². The van der Waals surface area contributed by atoms with Crippen molar-refractivity contribution >= 4 is 43.9 Å². The number of rotatable bonds is 2. The Morgan fingerprint density at radius 3 is 2.50 bits per heavy atom. The molecule has 0 aliphatic heterocycles. The molecule has 0 unspecified atom stereocenters. The predicted molar refractivity (Wildman–Crippen MR) is 143 cm³/mol. The summed E-state index contributed by atoms with van der Waals surface area (Å²) in [6, 6.07) is 9.35. The van der Waals surface area contributed by atoms with Gasteiger partial charge >= 0.3 is 0 Å². The van der Waals surface area contributed by atoms with E-state index >= 15 is 0 Å². The summed E-state index contributed by atoms with van der Waals surface area (Å²) in [4.78, 5) is 0. The van der Waals surface area contributed by atoms with Crippen LogP contribution in [-0.2, 0) is 20.5 Å². The van der Waals surface area contributed by atoms with Crippen molar-refractivity contribution in [3.63, 3.8) is 0 Å². The molecular weight excluding hydrogens is 416 g/mol. The molecule has 1 saturated carbocycles. The Hall–Kier alpha value is -2.81. The second kappa shape index (κ2) is 7.34. The summed E-state index contributed by atoms with van der Waals surface area (Å²) >= 11 is 0. The molecule has 3 aromatic heterocycles. The molecule has 0 radical (unpaired) electrons. The highest BCUT2D eigenvalue weighted by molar-refractivity contribution is 6.20. The third-order valence-corrected chi connectivity index (χ3v) is 8.19.